The number of rotatable bonds is 3. The predicted molar refractivity (Wildman–Crippen MR) is 103 cm³/mol. The van der Waals surface area contributed by atoms with Crippen molar-refractivity contribution in [1.29, 1.82) is 0 Å². The first kappa shape index (κ1) is 18.4. The molecule has 152 valence electrons. The summed E-state index contributed by atoms with van der Waals surface area (Å²) >= 11 is 6.47. The van der Waals surface area contributed by atoms with Crippen LogP contribution in [-0.2, 0) is 11.3 Å². The highest BCUT2D eigenvalue weighted by Crippen LogP contribution is 2.43. The molecule has 3 aliphatic rings. The van der Waals surface area contributed by atoms with E-state index in [1.165, 1.54) is 17.4 Å². The molecule has 10 heteroatoms. The molecule has 2 N–H and O–H groups in total. The SMILES string of the molecule is CC1C(Cl)=Cc2[nH]ncc2C1N1CCC2(CC1)NC(=O)N(Cc1ncco1)C2=O. The molecule has 9 nitrogen and oxygen atoms in total. The Morgan fingerprint density at radius 1 is 1.34 bits per heavy atom. The van der Waals surface area contributed by atoms with Gasteiger partial charge in [-0.05, 0) is 18.9 Å². The molecular weight excluding hydrogens is 396 g/mol. The number of carbonyl (C=O) groups excluding carboxylic acids is 2. The molecule has 0 aromatic carbocycles. The number of hydrogen-bond acceptors (Lipinski definition) is 6. The van der Waals surface area contributed by atoms with Crippen molar-refractivity contribution in [3.8, 4) is 0 Å². The van der Waals surface area contributed by atoms with Gasteiger partial charge in [0.15, 0.2) is 0 Å². The van der Waals surface area contributed by atoms with Gasteiger partial charge in [-0.2, -0.15) is 5.10 Å². The van der Waals surface area contributed by atoms with Gasteiger partial charge in [0.1, 0.15) is 18.3 Å². The zero-order chi connectivity index (χ0) is 20.2. The zero-order valence-corrected chi connectivity index (χ0v) is 16.6. The Bertz CT molecular complexity index is 976. The number of carbonyl (C=O) groups is 2. The van der Waals surface area contributed by atoms with Gasteiger partial charge in [0.2, 0.25) is 5.89 Å². The summed E-state index contributed by atoms with van der Waals surface area (Å²) in [6.45, 7) is 3.48. The van der Waals surface area contributed by atoms with Gasteiger partial charge in [0, 0.05) is 35.6 Å². The number of H-pyrrole nitrogens is 1. The minimum Gasteiger partial charge on any atom is -0.447 e. The zero-order valence-electron chi connectivity index (χ0n) is 15.9. The third kappa shape index (κ3) is 2.87. The lowest BCUT2D eigenvalue weighted by Gasteiger charge is -2.43. The van der Waals surface area contributed by atoms with Gasteiger partial charge >= 0.3 is 6.03 Å². The fourth-order valence-electron chi connectivity index (χ4n) is 4.67. The van der Waals surface area contributed by atoms with Crippen molar-refractivity contribution >= 4 is 29.6 Å². The van der Waals surface area contributed by atoms with Gasteiger partial charge in [-0.3, -0.25) is 19.7 Å². The first-order valence-corrected chi connectivity index (χ1v) is 10.0. The minimum absolute atomic E-state index is 0.0432. The van der Waals surface area contributed by atoms with Crippen LogP contribution in [0.3, 0.4) is 0 Å². The second-order valence-corrected chi connectivity index (χ2v) is 8.30. The van der Waals surface area contributed by atoms with E-state index in [2.05, 4.69) is 32.3 Å². The van der Waals surface area contributed by atoms with Crippen LogP contribution in [0.2, 0.25) is 0 Å². The average molecular weight is 417 g/mol. The molecule has 5 rings (SSSR count). The number of piperidine rings is 1. The molecule has 0 radical (unpaired) electrons. The lowest BCUT2D eigenvalue weighted by atomic mass is 9.82. The number of hydrogen-bond donors (Lipinski definition) is 2. The summed E-state index contributed by atoms with van der Waals surface area (Å²) in [5.41, 5.74) is 1.18. The first-order chi connectivity index (χ1) is 14.0. The molecule has 2 aliphatic heterocycles. The van der Waals surface area contributed by atoms with Crippen molar-refractivity contribution in [3.63, 3.8) is 0 Å². The van der Waals surface area contributed by atoms with Crippen LogP contribution >= 0.6 is 11.6 Å². The van der Waals surface area contributed by atoms with E-state index in [1.807, 2.05) is 12.3 Å². The van der Waals surface area contributed by atoms with E-state index in [0.29, 0.717) is 31.8 Å². The summed E-state index contributed by atoms with van der Waals surface area (Å²) < 4.78 is 5.19. The highest BCUT2D eigenvalue weighted by Gasteiger charge is 2.53. The Kier molecular flexibility index (Phi) is 4.25. The highest BCUT2D eigenvalue weighted by molar-refractivity contribution is 6.32. The van der Waals surface area contributed by atoms with E-state index >= 15 is 0 Å². The van der Waals surface area contributed by atoms with Crippen molar-refractivity contribution in [3.05, 3.63) is 40.8 Å². The Hall–Kier alpha value is -2.65. The molecule has 2 atom stereocenters. The number of amides is 3. The molecule has 2 fully saturated rings. The Morgan fingerprint density at radius 3 is 2.86 bits per heavy atom. The standard InChI is InChI=1S/C19H21ClN6O3/c1-11-13(20)8-14-12(9-22-24-14)16(11)25-5-2-19(3-6-25)17(27)26(18(28)23-19)10-15-21-4-7-29-15/h4,7-9,11,16H,2-3,5-6,10H2,1H3,(H,22,24)(H,23,28). The Morgan fingerprint density at radius 2 is 2.14 bits per heavy atom. The summed E-state index contributed by atoms with van der Waals surface area (Å²) in [6, 6.07) is -0.301. The molecule has 2 saturated heterocycles. The van der Waals surface area contributed by atoms with Gasteiger partial charge in [0.25, 0.3) is 5.91 Å². The molecule has 0 bridgehead atoms. The smallest absolute Gasteiger partial charge is 0.325 e. The van der Waals surface area contributed by atoms with Crippen LogP contribution in [0.15, 0.2) is 28.1 Å². The summed E-state index contributed by atoms with van der Waals surface area (Å²) in [5, 5.41) is 10.9. The van der Waals surface area contributed by atoms with E-state index < -0.39 is 11.6 Å². The molecule has 3 amide bonds. The average Bonchev–Trinajstić information content (AvgIpc) is 3.42. The maximum Gasteiger partial charge on any atom is 0.325 e. The molecule has 4 heterocycles. The number of urea groups is 1. The van der Waals surface area contributed by atoms with E-state index in [9.17, 15) is 9.59 Å². The van der Waals surface area contributed by atoms with Crippen LogP contribution < -0.4 is 5.32 Å². The van der Waals surface area contributed by atoms with Crippen molar-refractivity contribution in [2.75, 3.05) is 13.1 Å². The number of halogens is 1. The molecular formula is C19H21ClN6O3. The number of aromatic amines is 1. The molecule has 1 aliphatic carbocycles. The third-order valence-electron chi connectivity index (χ3n) is 6.28. The lowest BCUT2D eigenvalue weighted by Crippen LogP contribution is -2.56. The predicted octanol–water partition coefficient (Wildman–Crippen LogP) is 2.25. The van der Waals surface area contributed by atoms with Crippen LogP contribution in [0.1, 0.15) is 43.0 Å². The van der Waals surface area contributed by atoms with Crippen LogP contribution in [-0.4, -0.2) is 55.5 Å². The van der Waals surface area contributed by atoms with Gasteiger partial charge in [-0.25, -0.2) is 9.78 Å². The van der Waals surface area contributed by atoms with Crippen LogP contribution in [0, 0.1) is 5.92 Å². The fourth-order valence-corrected chi connectivity index (χ4v) is 4.90. The number of likely N-dealkylation sites (tertiary alicyclic amines) is 1. The minimum atomic E-state index is -0.864. The summed E-state index contributed by atoms with van der Waals surface area (Å²) in [6.07, 6.45) is 7.78. The second kappa shape index (κ2) is 6.70. The van der Waals surface area contributed by atoms with Crippen molar-refractivity contribution in [2.45, 2.75) is 37.9 Å². The maximum atomic E-state index is 13.1. The van der Waals surface area contributed by atoms with Crippen LogP contribution in [0.5, 0.6) is 0 Å². The molecule has 29 heavy (non-hydrogen) atoms. The van der Waals surface area contributed by atoms with Crippen molar-refractivity contribution < 1.29 is 14.0 Å². The van der Waals surface area contributed by atoms with E-state index in [4.69, 9.17) is 16.0 Å². The summed E-state index contributed by atoms with van der Waals surface area (Å²) in [7, 11) is 0. The number of aromatic nitrogens is 3. The maximum absolute atomic E-state index is 13.1. The van der Waals surface area contributed by atoms with Crippen molar-refractivity contribution in [2.24, 2.45) is 5.92 Å². The molecule has 0 saturated carbocycles. The normalized spacial score (nSPS) is 26.6. The number of fused-ring (bicyclic) bond motifs is 1. The quantitative estimate of drug-likeness (QED) is 0.743. The molecule has 2 unspecified atom stereocenters. The van der Waals surface area contributed by atoms with E-state index in [0.717, 1.165) is 16.3 Å². The summed E-state index contributed by atoms with van der Waals surface area (Å²) in [5.74, 6) is 0.262. The molecule has 2 aromatic rings. The van der Waals surface area contributed by atoms with E-state index in [1.54, 1.807) is 0 Å². The number of nitrogens with one attached hydrogen (secondary N) is 2. The molecule has 2 aromatic heterocycles. The van der Waals surface area contributed by atoms with Crippen LogP contribution in [0.4, 0.5) is 4.79 Å². The lowest BCUT2D eigenvalue weighted by molar-refractivity contribution is -0.133. The van der Waals surface area contributed by atoms with Crippen molar-refractivity contribution in [1.82, 2.24) is 30.3 Å². The first-order valence-electron chi connectivity index (χ1n) is 9.65. The monoisotopic (exact) mass is 416 g/mol. The highest BCUT2D eigenvalue weighted by atomic mass is 35.5. The topological polar surface area (TPSA) is 107 Å². The number of nitrogens with zero attached hydrogens (tertiary/aromatic N) is 4. The fraction of sp³-hybridized carbons (Fsp3) is 0.474. The third-order valence-corrected chi connectivity index (χ3v) is 6.73. The van der Waals surface area contributed by atoms with Crippen LogP contribution in [0.25, 0.3) is 6.08 Å². The Balaban J connectivity index is 1.32. The summed E-state index contributed by atoms with van der Waals surface area (Å²) in [4.78, 5) is 33.1. The van der Waals surface area contributed by atoms with E-state index in [-0.39, 0.29) is 24.4 Å². The Labute approximate surface area is 172 Å². The van der Waals surface area contributed by atoms with Gasteiger partial charge in [-0.1, -0.05) is 18.5 Å². The van der Waals surface area contributed by atoms with Gasteiger partial charge in [0.05, 0.1) is 18.1 Å². The largest absolute Gasteiger partial charge is 0.447 e. The van der Waals surface area contributed by atoms with Gasteiger partial charge < -0.3 is 9.73 Å². The number of imide groups is 1. The van der Waals surface area contributed by atoms with Gasteiger partial charge in [-0.15, -0.1) is 0 Å². The second-order valence-electron chi connectivity index (χ2n) is 7.87. The molecule has 1 spiro atoms. The number of oxazole rings is 1.